The van der Waals surface area contributed by atoms with Crippen LogP contribution in [0.5, 0.6) is 0 Å². The Morgan fingerprint density at radius 2 is 1.69 bits per heavy atom. The van der Waals surface area contributed by atoms with Crippen molar-refractivity contribution in [1.82, 2.24) is 10.2 Å². The Kier molecular flexibility index (Phi) is 7.33. The summed E-state index contributed by atoms with van der Waals surface area (Å²) in [4.78, 5) is 37.8. The van der Waals surface area contributed by atoms with E-state index in [1.165, 1.54) is 0 Å². The Hall–Kier alpha value is -3.49. The molecule has 3 unspecified atom stereocenters. The first-order valence-electron chi connectivity index (χ1n) is 11.7. The van der Waals surface area contributed by atoms with E-state index in [4.69, 9.17) is 4.74 Å². The number of hydrogen-bond acceptors (Lipinski definition) is 4. The molecule has 4 rings (SSSR count). The molecule has 186 valence electrons. The highest BCUT2D eigenvalue weighted by molar-refractivity contribution is 5.84. The average Bonchev–Trinajstić information content (AvgIpc) is 3.15. The molecule has 0 spiro atoms. The number of piperidine rings is 1. The Morgan fingerprint density at radius 1 is 1.09 bits per heavy atom. The average molecular weight is 487 g/mol. The third kappa shape index (κ3) is 5.28. The second-order valence-corrected chi connectivity index (χ2v) is 9.19. The van der Waals surface area contributed by atoms with Crippen LogP contribution >= 0.6 is 0 Å². The molecule has 1 aliphatic carbocycles. The molecule has 1 fully saturated rings. The first kappa shape index (κ1) is 24.6. The van der Waals surface area contributed by atoms with Crippen LogP contribution in [-0.2, 0) is 14.3 Å². The molecule has 2 N–H and O–H groups in total. The van der Waals surface area contributed by atoms with E-state index < -0.39 is 42.9 Å². The van der Waals surface area contributed by atoms with E-state index in [2.05, 4.69) is 5.32 Å². The van der Waals surface area contributed by atoms with Gasteiger partial charge >= 0.3 is 12.1 Å². The summed E-state index contributed by atoms with van der Waals surface area (Å²) in [5.74, 6) is -2.01. The number of alkyl halides is 2. The number of amides is 2. The quantitative estimate of drug-likeness (QED) is 0.610. The first-order valence-corrected chi connectivity index (χ1v) is 11.7. The smallest absolute Gasteiger partial charge is 0.407 e. The summed E-state index contributed by atoms with van der Waals surface area (Å²) in [7, 11) is 0. The molecular weight excluding hydrogens is 458 g/mol. The molecule has 2 amide bonds. The van der Waals surface area contributed by atoms with Gasteiger partial charge in [-0.25, -0.2) is 18.4 Å². The number of halogens is 2. The van der Waals surface area contributed by atoms with Crippen LogP contribution in [0, 0.1) is 5.92 Å². The topological polar surface area (TPSA) is 95.9 Å². The molecular formula is C26H28F2N2O5. The monoisotopic (exact) mass is 486 g/mol. The zero-order chi connectivity index (χ0) is 25.1. The largest absolute Gasteiger partial charge is 0.480 e. The number of nitrogens with zero attached hydrogens (tertiary/aromatic N) is 1. The van der Waals surface area contributed by atoms with Crippen molar-refractivity contribution in [2.75, 3.05) is 13.2 Å². The van der Waals surface area contributed by atoms with Crippen LogP contribution in [0.25, 0.3) is 11.1 Å². The molecule has 0 aromatic heterocycles. The molecule has 0 radical (unpaired) electrons. The standard InChI is InChI=1S/C26H28F2N2O5/c1-15-10-11-30(22(12-15)25(32)33)23(31)13-21(24(27)28)29-26(34)35-14-20-18-8-4-2-6-16(18)17-7-3-5-9-19(17)20/h2-9,15,20-22,24H,10-14H2,1H3,(H,29,34)(H,32,33). The van der Waals surface area contributed by atoms with Gasteiger partial charge in [0.05, 0.1) is 6.42 Å². The molecule has 7 nitrogen and oxygen atoms in total. The van der Waals surface area contributed by atoms with E-state index in [0.29, 0.717) is 6.42 Å². The molecule has 35 heavy (non-hydrogen) atoms. The highest BCUT2D eigenvalue weighted by Crippen LogP contribution is 2.44. The second-order valence-electron chi connectivity index (χ2n) is 9.19. The van der Waals surface area contributed by atoms with Crippen molar-refractivity contribution in [3.8, 4) is 11.1 Å². The number of rotatable bonds is 7. The van der Waals surface area contributed by atoms with E-state index in [0.717, 1.165) is 27.2 Å². The Labute approximate surface area is 202 Å². The van der Waals surface area contributed by atoms with Gasteiger partial charge in [0.15, 0.2) is 0 Å². The first-order chi connectivity index (χ1) is 16.8. The lowest BCUT2D eigenvalue weighted by Gasteiger charge is -2.36. The molecule has 0 saturated carbocycles. The SMILES string of the molecule is CC1CCN(C(=O)CC(NC(=O)OCC2c3ccccc3-c3ccccc32)C(F)F)C(C(=O)O)C1. The van der Waals surface area contributed by atoms with Crippen LogP contribution in [0.3, 0.4) is 0 Å². The number of likely N-dealkylation sites (tertiary alicyclic amines) is 1. The van der Waals surface area contributed by atoms with Crippen LogP contribution in [0.1, 0.15) is 43.2 Å². The van der Waals surface area contributed by atoms with Gasteiger partial charge in [-0.15, -0.1) is 0 Å². The van der Waals surface area contributed by atoms with Gasteiger partial charge in [0.25, 0.3) is 6.43 Å². The van der Waals surface area contributed by atoms with Crippen LogP contribution in [0.15, 0.2) is 48.5 Å². The van der Waals surface area contributed by atoms with Crippen molar-refractivity contribution in [3.63, 3.8) is 0 Å². The number of benzene rings is 2. The lowest BCUT2D eigenvalue weighted by atomic mass is 9.92. The van der Waals surface area contributed by atoms with Gasteiger partial charge < -0.3 is 20.1 Å². The van der Waals surface area contributed by atoms with Crippen molar-refractivity contribution < 1.29 is 33.0 Å². The minimum Gasteiger partial charge on any atom is -0.480 e. The highest BCUT2D eigenvalue weighted by Gasteiger charge is 2.37. The van der Waals surface area contributed by atoms with Gasteiger partial charge in [-0.2, -0.15) is 0 Å². The fourth-order valence-electron chi connectivity index (χ4n) is 4.97. The number of fused-ring (bicyclic) bond motifs is 3. The number of carboxylic acids is 1. The van der Waals surface area contributed by atoms with Crippen LogP contribution in [0.2, 0.25) is 0 Å². The molecule has 1 aliphatic heterocycles. The summed E-state index contributed by atoms with van der Waals surface area (Å²) in [6, 6.07) is 12.6. The maximum atomic E-state index is 13.7. The number of carbonyl (C=O) groups excluding carboxylic acids is 2. The van der Waals surface area contributed by atoms with E-state index in [9.17, 15) is 28.3 Å². The predicted molar refractivity (Wildman–Crippen MR) is 124 cm³/mol. The normalized spacial score (nSPS) is 20.2. The minimum absolute atomic E-state index is 0.0468. The van der Waals surface area contributed by atoms with E-state index in [1.54, 1.807) is 0 Å². The van der Waals surface area contributed by atoms with Crippen LogP contribution in [-0.4, -0.2) is 59.6 Å². The van der Waals surface area contributed by atoms with Gasteiger partial charge in [-0.1, -0.05) is 55.5 Å². The number of aliphatic carboxylic acids is 1. The zero-order valence-corrected chi connectivity index (χ0v) is 19.3. The van der Waals surface area contributed by atoms with Gasteiger partial charge in [-0.05, 0) is 41.0 Å². The third-order valence-electron chi connectivity index (χ3n) is 6.82. The van der Waals surface area contributed by atoms with Crippen molar-refractivity contribution in [2.24, 2.45) is 5.92 Å². The number of carbonyl (C=O) groups is 3. The van der Waals surface area contributed by atoms with Crippen molar-refractivity contribution >= 4 is 18.0 Å². The summed E-state index contributed by atoms with van der Waals surface area (Å²) >= 11 is 0. The number of hydrogen-bond donors (Lipinski definition) is 2. The zero-order valence-electron chi connectivity index (χ0n) is 19.3. The van der Waals surface area contributed by atoms with E-state index in [1.807, 2.05) is 55.5 Å². The Morgan fingerprint density at radius 3 is 2.26 bits per heavy atom. The summed E-state index contributed by atoms with van der Waals surface area (Å²) in [6.07, 6.45) is -3.92. The van der Waals surface area contributed by atoms with Gasteiger partial charge in [0.2, 0.25) is 5.91 Å². The summed E-state index contributed by atoms with van der Waals surface area (Å²) in [5, 5.41) is 11.6. The van der Waals surface area contributed by atoms with Crippen LogP contribution in [0.4, 0.5) is 13.6 Å². The molecule has 2 aromatic carbocycles. The van der Waals surface area contributed by atoms with E-state index >= 15 is 0 Å². The molecule has 0 bridgehead atoms. The molecule has 1 heterocycles. The highest BCUT2D eigenvalue weighted by atomic mass is 19.3. The second kappa shape index (κ2) is 10.4. The van der Waals surface area contributed by atoms with Crippen molar-refractivity contribution in [3.05, 3.63) is 59.7 Å². The molecule has 2 aromatic rings. The number of carboxylic acid groups (broad SMARTS) is 1. The number of nitrogens with one attached hydrogen (secondary N) is 1. The van der Waals surface area contributed by atoms with Crippen LogP contribution < -0.4 is 5.32 Å². The number of alkyl carbamates (subject to hydrolysis) is 1. The molecule has 2 aliphatic rings. The van der Waals surface area contributed by atoms with Crippen molar-refractivity contribution in [2.45, 2.75) is 50.6 Å². The predicted octanol–water partition coefficient (Wildman–Crippen LogP) is 4.26. The fourth-order valence-corrected chi connectivity index (χ4v) is 4.97. The molecule has 1 saturated heterocycles. The van der Waals surface area contributed by atoms with Crippen molar-refractivity contribution in [1.29, 1.82) is 0 Å². The Bertz CT molecular complexity index is 1060. The van der Waals surface area contributed by atoms with Gasteiger partial charge in [0.1, 0.15) is 18.7 Å². The summed E-state index contributed by atoms with van der Waals surface area (Å²) < 4.78 is 32.7. The maximum absolute atomic E-state index is 13.7. The summed E-state index contributed by atoms with van der Waals surface area (Å²) in [6.45, 7) is 2.02. The number of ether oxygens (including phenoxy) is 1. The Balaban J connectivity index is 1.38. The lowest BCUT2D eigenvalue weighted by Crippen LogP contribution is -2.52. The third-order valence-corrected chi connectivity index (χ3v) is 6.82. The molecule has 3 atom stereocenters. The minimum atomic E-state index is -3.02. The fraction of sp³-hybridized carbons (Fsp3) is 0.423. The van der Waals surface area contributed by atoms with Gasteiger partial charge in [-0.3, -0.25) is 4.79 Å². The molecule has 9 heteroatoms. The maximum Gasteiger partial charge on any atom is 0.407 e. The lowest BCUT2D eigenvalue weighted by molar-refractivity contribution is -0.153. The van der Waals surface area contributed by atoms with Gasteiger partial charge in [0, 0.05) is 12.5 Å². The summed E-state index contributed by atoms with van der Waals surface area (Å²) in [5.41, 5.74) is 4.05. The van der Waals surface area contributed by atoms with E-state index in [-0.39, 0.29) is 31.4 Å².